The predicted molar refractivity (Wildman–Crippen MR) is 52.6 cm³/mol. The molecule has 0 saturated heterocycles. The Morgan fingerprint density at radius 1 is 1.62 bits per heavy atom. The molecule has 1 atom stereocenters. The lowest BCUT2D eigenvalue weighted by Crippen LogP contribution is -2.35. The van der Waals surface area contributed by atoms with Gasteiger partial charge in [0, 0.05) is 0 Å². The summed E-state index contributed by atoms with van der Waals surface area (Å²) in [5, 5.41) is -0.180. The van der Waals surface area contributed by atoms with E-state index in [2.05, 4.69) is 10.6 Å². The Hall–Kier alpha value is -0.530. The average Bonchev–Trinajstić information content (AvgIpc) is 2.85. The summed E-state index contributed by atoms with van der Waals surface area (Å²) in [6, 6.07) is -0.324. The third-order valence-corrected chi connectivity index (χ3v) is 4.01. The van der Waals surface area contributed by atoms with Crippen LogP contribution in [0.25, 0.3) is 0 Å². The Morgan fingerprint density at radius 3 is 2.62 bits per heavy atom. The molecule has 1 unspecified atom stereocenters. The number of hydrogen-bond donors (Lipinski definition) is 1. The van der Waals surface area contributed by atoms with E-state index in [9.17, 15) is 8.42 Å². The molecule has 1 N–H and O–H groups in total. The lowest BCUT2D eigenvalue weighted by Gasteiger charge is -2.11. The van der Waals surface area contributed by atoms with Crippen molar-refractivity contribution in [1.29, 1.82) is 0 Å². The molecular weight excluding hydrogens is 186 g/mol. The minimum atomic E-state index is -3.11. The third-order valence-electron chi connectivity index (χ3n) is 2.05. The fourth-order valence-corrected chi connectivity index (χ4v) is 2.67. The molecular formula is C9H15NO2S. The maximum absolute atomic E-state index is 11.4. The second-order valence-corrected chi connectivity index (χ2v) is 5.36. The highest BCUT2D eigenvalue weighted by Gasteiger charge is 2.36. The van der Waals surface area contributed by atoms with Crippen LogP contribution >= 0.6 is 0 Å². The van der Waals surface area contributed by atoms with Crippen molar-refractivity contribution in [2.75, 3.05) is 0 Å². The molecule has 0 aromatic heterocycles. The van der Waals surface area contributed by atoms with Gasteiger partial charge < -0.3 is 0 Å². The van der Waals surface area contributed by atoms with Gasteiger partial charge >= 0.3 is 0 Å². The molecule has 0 bridgehead atoms. The van der Waals surface area contributed by atoms with Gasteiger partial charge in [0.1, 0.15) is 0 Å². The molecule has 1 saturated carbocycles. The van der Waals surface area contributed by atoms with E-state index >= 15 is 0 Å². The SMILES string of the molecule is C#CC(CCC)NS(=O)(=O)C1CC1. The van der Waals surface area contributed by atoms with Gasteiger partial charge in [0.15, 0.2) is 0 Å². The van der Waals surface area contributed by atoms with Crippen molar-refractivity contribution in [3.8, 4) is 12.3 Å². The second-order valence-electron chi connectivity index (χ2n) is 3.37. The van der Waals surface area contributed by atoms with Gasteiger partial charge in [0.05, 0.1) is 11.3 Å². The average molecular weight is 201 g/mol. The Morgan fingerprint density at radius 2 is 2.23 bits per heavy atom. The Labute approximate surface area is 80.0 Å². The molecule has 1 aliphatic rings. The van der Waals surface area contributed by atoms with Crippen LogP contribution in [0.5, 0.6) is 0 Å². The highest BCUT2D eigenvalue weighted by atomic mass is 32.2. The first-order valence-electron chi connectivity index (χ1n) is 4.57. The summed E-state index contributed by atoms with van der Waals surface area (Å²) in [6.07, 6.45) is 8.36. The standard InChI is InChI=1S/C9H15NO2S/c1-3-5-8(4-2)10-13(11,12)9-6-7-9/h2,8-10H,3,5-7H2,1H3. The molecule has 4 heteroatoms. The van der Waals surface area contributed by atoms with Crippen LogP contribution in [0.2, 0.25) is 0 Å². The zero-order valence-electron chi connectivity index (χ0n) is 7.79. The summed E-state index contributed by atoms with van der Waals surface area (Å²) in [5.74, 6) is 2.45. The summed E-state index contributed by atoms with van der Waals surface area (Å²) in [5.41, 5.74) is 0. The quantitative estimate of drug-likeness (QED) is 0.671. The number of sulfonamides is 1. The first-order valence-corrected chi connectivity index (χ1v) is 6.12. The summed E-state index contributed by atoms with van der Waals surface area (Å²) < 4.78 is 25.4. The van der Waals surface area contributed by atoms with Gasteiger partial charge in [-0.15, -0.1) is 6.42 Å². The Kier molecular flexibility index (Phi) is 3.34. The van der Waals surface area contributed by atoms with E-state index in [0.29, 0.717) is 6.42 Å². The van der Waals surface area contributed by atoms with Crippen LogP contribution in [0.15, 0.2) is 0 Å². The van der Waals surface area contributed by atoms with Crippen LogP contribution in [-0.2, 0) is 10.0 Å². The maximum Gasteiger partial charge on any atom is 0.215 e. The van der Waals surface area contributed by atoms with Crippen LogP contribution < -0.4 is 4.72 Å². The molecule has 0 spiro atoms. The predicted octanol–water partition coefficient (Wildman–Crippen LogP) is 0.870. The molecule has 0 heterocycles. The molecule has 13 heavy (non-hydrogen) atoms. The maximum atomic E-state index is 11.4. The monoisotopic (exact) mass is 201 g/mol. The lowest BCUT2D eigenvalue weighted by atomic mass is 10.2. The van der Waals surface area contributed by atoms with Gasteiger partial charge in [-0.2, -0.15) is 0 Å². The van der Waals surface area contributed by atoms with Crippen molar-refractivity contribution in [3.05, 3.63) is 0 Å². The van der Waals surface area contributed by atoms with E-state index in [1.807, 2.05) is 6.92 Å². The molecule has 0 radical (unpaired) electrons. The normalized spacial score (nSPS) is 19.4. The Balaban J connectivity index is 2.50. The number of hydrogen-bond acceptors (Lipinski definition) is 2. The fraction of sp³-hybridized carbons (Fsp3) is 0.778. The van der Waals surface area contributed by atoms with E-state index in [1.54, 1.807) is 0 Å². The van der Waals surface area contributed by atoms with Crippen molar-refractivity contribution in [2.24, 2.45) is 0 Å². The lowest BCUT2D eigenvalue weighted by molar-refractivity contribution is 0.563. The van der Waals surface area contributed by atoms with Crippen LogP contribution in [0.4, 0.5) is 0 Å². The van der Waals surface area contributed by atoms with Gasteiger partial charge in [-0.05, 0) is 19.3 Å². The van der Waals surface area contributed by atoms with E-state index < -0.39 is 10.0 Å². The van der Waals surface area contributed by atoms with Gasteiger partial charge in [0.2, 0.25) is 10.0 Å². The molecule has 0 aromatic carbocycles. The van der Waals surface area contributed by atoms with Crippen molar-refractivity contribution >= 4 is 10.0 Å². The highest BCUT2D eigenvalue weighted by Crippen LogP contribution is 2.27. The Bertz CT molecular complexity index is 298. The van der Waals surface area contributed by atoms with Crippen molar-refractivity contribution in [1.82, 2.24) is 4.72 Å². The molecule has 3 nitrogen and oxygen atoms in total. The molecule has 1 aliphatic carbocycles. The number of rotatable bonds is 5. The van der Waals surface area contributed by atoms with Crippen LogP contribution in [0.1, 0.15) is 32.6 Å². The molecule has 1 rings (SSSR count). The van der Waals surface area contributed by atoms with Gasteiger partial charge in [-0.3, -0.25) is 0 Å². The highest BCUT2D eigenvalue weighted by molar-refractivity contribution is 7.90. The summed E-state index contributed by atoms with van der Waals surface area (Å²) in [4.78, 5) is 0. The first kappa shape index (κ1) is 10.6. The minimum absolute atomic E-state index is 0.180. The zero-order valence-corrected chi connectivity index (χ0v) is 8.60. The van der Waals surface area contributed by atoms with E-state index in [0.717, 1.165) is 19.3 Å². The molecule has 0 aromatic rings. The number of nitrogens with one attached hydrogen (secondary N) is 1. The first-order chi connectivity index (χ1) is 6.10. The van der Waals surface area contributed by atoms with Gasteiger partial charge in [-0.25, -0.2) is 13.1 Å². The van der Waals surface area contributed by atoms with E-state index in [1.165, 1.54) is 0 Å². The van der Waals surface area contributed by atoms with E-state index in [-0.39, 0.29) is 11.3 Å². The smallest absolute Gasteiger partial charge is 0.212 e. The fourth-order valence-electron chi connectivity index (χ4n) is 1.14. The van der Waals surface area contributed by atoms with E-state index in [4.69, 9.17) is 6.42 Å². The molecule has 0 aliphatic heterocycles. The summed E-state index contributed by atoms with van der Waals surface area (Å²) >= 11 is 0. The molecule has 74 valence electrons. The van der Waals surface area contributed by atoms with Crippen LogP contribution in [0, 0.1) is 12.3 Å². The van der Waals surface area contributed by atoms with Crippen molar-refractivity contribution in [2.45, 2.75) is 43.9 Å². The summed E-state index contributed by atoms with van der Waals surface area (Å²) in [7, 11) is -3.11. The second kappa shape index (κ2) is 4.12. The van der Waals surface area contributed by atoms with Gasteiger partial charge in [0.25, 0.3) is 0 Å². The largest absolute Gasteiger partial charge is 0.215 e. The van der Waals surface area contributed by atoms with Crippen molar-refractivity contribution in [3.63, 3.8) is 0 Å². The topological polar surface area (TPSA) is 46.2 Å². The van der Waals surface area contributed by atoms with Crippen LogP contribution in [0.3, 0.4) is 0 Å². The zero-order chi connectivity index (χ0) is 9.90. The third kappa shape index (κ3) is 3.02. The molecule has 1 fully saturated rings. The van der Waals surface area contributed by atoms with Crippen molar-refractivity contribution < 1.29 is 8.42 Å². The summed E-state index contributed by atoms with van der Waals surface area (Å²) in [6.45, 7) is 1.98. The van der Waals surface area contributed by atoms with Crippen LogP contribution in [-0.4, -0.2) is 19.7 Å². The van der Waals surface area contributed by atoms with Gasteiger partial charge in [-0.1, -0.05) is 19.3 Å². The molecule has 0 amide bonds. The minimum Gasteiger partial charge on any atom is -0.212 e. The number of terminal acetylenes is 1.